The molecule has 0 fully saturated rings. The van der Waals surface area contributed by atoms with Crippen LogP contribution in [0.3, 0.4) is 0 Å². The molecule has 1 amide bonds. The van der Waals surface area contributed by atoms with Crippen molar-refractivity contribution < 1.29 is 14.5 Å². The van der Waals surface area contributed by atoms with Crippen LogP contribution in [0.15, 0.2) is 60.7 Å². The molecule has 166 valence electrons. The van der Waals surface area contributed by atoms with Crippen LogP contribution in [0.4, 0.5) is 16.2 Å². The van der Waals surface area contributed by atoms with Crippen molar-refractivity contribution in [1.29, 1.82) is 0 Å². The Morgan fingerprint density at radius 2 is 1.76 bits per heavy atom. The molecule has 0 aromatic heterocycles. The molecule has 1 aliphatic carbocycles. The summed E-state index contributed by atoms with van der Waals surface area (Å²) >= 11 is 0. The van der Waals surface area contributed by atoms with E-state index in [1.807, 2.05) is 24.3 Å². The number of ether oxygens (including phenoxy) is 1. The third-order valence-electron chi connectivity index (χ3n) is 5.67. The zero-order chi connectivity index (χ0) is 23.4. The maximum absolute atomic E-state index is 12.2. The number of nitro benzene ring substituents is 1. The number of nitrogens with two attached hydrogens (primary N) is 1. The molecule has 0 aliphatic heterocycles. The Bertz CT molecular complexity index is 1240. The average Bonchev–Trinajstić information content (AvgIpc) is 3.13. The number of rotatable bonds is 5. The number of nitrogen functional groups attached to an aromatic ring is 1. The first kappa shape index (κ1) is 21.9. The fraction of sp³-hybridized carbons (Fsp3) is 0.192. The molecule has 33 heavy (non-hydrogen) atoms. The van der Waals surface area contributed by atoms with E-state index in [-0.39, 0.29) is 24.8 Å². The molecular weight excluding hydrogens is 418 g/mol. The van der Waals surface area contributed by atoms with Gasteiger partial charge in [0.25, 0.3) is 5.69 Å². The quantitative estimate of drug-likeness (QED) is 0.195. The van der Waals surface area contributed by atoms with Gasteiger partial charge in [0.1, 0.15) is 6.61 Å². The van der Waals surface area contributed by atoms with Gasteiger partial charge in [0.05, 0.1) is 16.2 Å². The summed E-state index contributed by atoms with van der Waals surface area (Å²) in [4.78, 5) is 22.7. The van der Waals surface area contributed by atoms with Crippen LogP contribution in [0.5, 0.6) is 0 Å². The monoisotopic (exact) mass is 441 g/mol. The number of amides is 1. The van der Waals surface area contributed by atoms with E-state index in [1.165, 1.54) is 23.3 Å². The van der Waals surface area contributed by atoms with Gasteiger partial charge in [0.15, 0.2) is 0 Å². The molecule has 7 nitrogen and oxygen atoms in total. The molecule has 0 radical (unpaired) electrons. The molecule has 0 spiro atoms. The molecule has 0 atom stereocenters. The summed E-state index contributed by atoms with van der Waals surface area (Å²) in [7, 11) is 0. The number of carbonyl (C=O) groups is 1. The lowest BCUT2D eigenvalue weighted by molar-refractivity contribution is -0.384. The Hall–Kier alpha value is -4.31. The Morgan fingerprint density at radius 1 is 1.12 bits per heavy atom. The number of fused-ring (bicyclic) bond motifs is 3. The van der Waals surface area contributed by atoms with E-state index < -0.39 is 11.0 Å². The second kappa shape index (κ2) is 9.45. The van der Waals surface area contributed by atoms with Crippen LogP contribution < -0.4 is 11.1 Å². The van der Waals surface area contributed by atoms with Gasteiger partial charge >= 0.3 is 6.09 Å². The summed E-state index contributed by atoms with van der Waals surface area (Å²) in [6.45, 7) is 2.23. The lowest BCUT2D eigenvalue weighted by Gasteiger charge is -2.14. The summed E-state index contributed by atoms with van der Waals surface area (Å²) in [5.74, 6) is 5.74. The largest absolute Gasteiger partial charge is 0.449 e. The van der Waals surface area contributed by atoms with Crippen molar-refractivity contribution in [3.05, 3.63) is 93.0 Å². The van der Waals surface area contributed by atoms with Gasteiger partial charge in [-0.15, -0.1) is 0 Å². The predicted molar refractivity (Wildman–Crippen MR) is 127 cm³/mol. The molecular formula is C26H23N3O4. The molecule has 0 saturated heterocycles. The summed E-state index contributed by atoms with van der Waals surface area (Å²) in [6, 6.07) is 19.1. The minimum atomic E-state index is -0.510. The summed E-state index contributed by atoms with van der Waals surface area (Å²) in [6.07, 6.45) is -0.157. The van der Waals surface area contributed by atoms with Crippen LogP contribution in [-0.2, 0) is 4.74 Å². The SMILES string of the molecule is Cc1cc([N+](=O)[O-])cc(C#CCCNC(=O)OCC2c3ccccc3-c3ccccc32)c1N. The number of hydrogen-bond donors (Lipinski definition) is 2. The number of benzene rings is 3. The summed E-state index contributed by atoms with van der Waals surface area (Å²) < 4.78 is 5.49. The minimum Gasteiger partial charge on any atom is -0.449 e. The van der Waals surface area contributed by atoms with Crippen molar-refractivity contribution in [3.8, 4) is 23.0 Å². The van der Waals surface area contributed by atoms with E-state index in [9.17, 15) is 14.9 Å². The van der Waals surface area contributed by atoms with Crippen molar-refractivity contribution in [1.82, 2.24) is 5.32 Å². The molecule has 3 aromatic carbocycles. The standard InChI is InChI=1S/C26H23N3O4/c1-17-14-19(29(31)32)15-18(25(17)27)8-6-7-13-28-26(30)33-16-24-22-11-4-2-9-20(22)21-10-3-5-12-23(21)24/h2-5,9-12,14-15,24H,7,13,16,27H2,1H3,(H,28,30). The Kier molecular flexibility index (Phi) is 6.27. The van der Waals surface area contributed by atoms with Gasteiger partial charge in [-0.25, -0.2) is 4.79 Å². The third-order valence-corrected chi connectivity index (χ3v) is 5.67. The maximum atomic E-state index is 12.2. The van der Waals surface area contributed by atoms with Crippen LogP contribution in [0.1, 0.15) is 34.6 Å². The Labute approximate surface area is 191 Å². The van der Waals surface area contributed by atoms with Gasteiger partial charge in [-0.1, -0.05) is 60.4 Å². The minimum absolute atomic E-state index is 0.00280. The smallest absolute Gasteiger partial charge is 0.407 e. The van der Waals surface area contributed by atoms with E-state index in [0.29, 0.717) is 23.2 Å². The fourth-order valence-electron chi connectivity index (χ4n) is 4.02. The Balaban J connectivity index is 1.31. The van der Waals surface area contributed by atoms with E-state index in [0.717, 1.165) is 11.1 Å². The topological polar surface area (TPSA) is 107 Å². The molecule has 0 bridgehead atoms. The number of nitrogens with zero attached hydrogens (tertiary/aromatic N) is 1. The fourth-order valence-corrected chi connectivity index (χ4v) is 4.02. The van der Waals surface area contributed by atoms with Crippen molar-refractivity contribution in [2.24, 2.45) is 0 Å². The lowest BCUT2D eigenvalue weighted by atomic mass is 9.98. The molecule has 1 aliphatic rings. The molecule has 0 heterocycles. The summed E-state index contributed by atoms with van der Waals surface area (Å²) in [5, 5.41) is 13.7. The number of aryl methyl sites for hydroxylation is 1. The lowest BCUT2D eigenvalue weighted by Crippen LogP contribution is -2.26. The van der Waals surface area contributed by atoms with Crippen molar-refractivity contribution in [3.63, 3.8) is 0 Å². The van der Waals surface area contributed by atoms with E-state index in [4.69, 9.17) is 10.5 Å². The highest BCUT2D eigenvalue weighted by Gasteiger charge is 2.28. The highest BCUT2D eigenvalue weighted by molar-refractivity contribution is 5.79. The molecule has 0 unspecified atom stereocenters. The van der Waals surface area contributed by atoms with Gasteiger partial charge in [0, 0.05) is 31.0 Å². The van der Waals surface area contributed by atoms with E-state index in [2.05, 4.69) is 41.4 Å². The summed E-state index contributed by atoms with van der Waals surface area (Å²) in [5.41, 5.74) is 12.0. The van der Waals surface area contributed by atoms with Crippen molar-refractivity contribution in [2.75, 3.05) is 18.9 Å². The first-order valence-corrected chi connectivity index (χ1v) is 10.6. The maximum Gasteiger partial charge on any atom is 0.407 e. The van der Waals surface area contributed by atoms with Gasteiger partial charge in [-0.05, 0) is 34.7 Å². The van der Waals surface area contributed by atoms with E-state index >= 15 is 0 Å². The molecule has 4 rings (SSSR count). The normalized spacial score (nSPS) is 11.7. The molecule has 3 aromatic rings. The zero-order valence-corrected chi connectivity index (χ0v) is 18.1. The van der Waals surface area contributed by atoms with Crippen LogP contribution >= 0.6 is 0 Å². The number of carbonyl (C=O) groups excluding carboxylic acids is 1. The van der Waals surface area contributed by atoms with Crippen LogP contribution in [0.2, 0.25) is 0 Å². The Morgan fingerprint density at radius 3 is 2.39 bits per heavy atom. The van der Waals surface area contributed by atoms with Gasteiger partial charge in [-0.3, -0.25) is 10.1 Å². The first-order valence-electron chi connectivity index (χ1n) is 10.6. The molecule has 7 heteroatoms. The second-order valence-electron chi connectivity index (χ2n) is 7.79. The number of nitro groups is 1. The molecule has 0 saturated carbocycles. The van der Waals surface area contributed by atoms with Crippen LogP contribution in [-0.4, -0.2) is 24.2 Å². The average molecular weight is 441 g/mol. The van der Waals surface area contributed by atoms with E-state index in [1.54, 1.807) is 6.92 Å². The number of anilines is 1. The second-order valence-corrected chi connectivity index (χ2v) is 7.79. The van der Waals surface area contributed by atoms with Gasteiger partial charge < -0.3 is 15.8 Å². The first-order chi connectivity index (χ1) is 16.0. The van der Waals surface area contributed by atoms with Crippen LogP contribution in [0.25, 0.3) is 11.1 Å². The van der Waals surface area contributed by atoms with Gasteiger partial charge in [0.2, 0.25) is 0 Å². The van der Waals surface area contributed by atoms with Crippen molar-refractivity contribution in [2.45, 2.75) is 19.3 Å². The number of alkyl carbamates (subject to hydrolysis) is 1. The van der Waals surface area contributed by atoms with Gasteiger partial charge in [-0.2, -0.15) is 0 Å². The number of hydrogen-bond acceptors (Lipinski definition) is 5. The number of non-ortho nitro benzene ring substituents is 1. The number of nitrogens with one attached hydrogen (secondary N) is 1. The van der Waals surface area contributed by atoms with Crippen molar-refractivity contribution >= 4 is 17.5 Å². The third kappa shape index (κ3) is 4.65. The molecule has 3 N–H and O–H groups in total. The van der Waals surface area contributed by atoms with Crippen LogP contribution in [0, 0.1) is 28.9 Å². The highest BCUT2D eigenvalue weighted by Crippen LogP contribution is 2.44. The highest BCUT2D eigenvalue weighted by atomic mass is 16.6. The predicted octanol–water partition coefficient (Wildman–Crippen LogP) is 4.77. The zero-order valence-electron chi connectivity index (χ0n) is 18.1.